The molecule has 3 heterocycles. The summed E-state index contributed by atoms with van der Waals surface area (Å²) in [6.45, 7) is 0.825. The standard InChI is InChI=1S/C17H13Cl2N3OS/c1-24-17-20-8-9-15(23)14(13-10(18)4-2-5-11(13)19)12-6-3-7-22(12)16(9)21-17/h2,4-5,8H,3,6-7H2,1H3. The SMILES string of the molecule is CSc1ncc2c(=O)c(-c3c(Cl)cccc3Cl)c3n(c2n1)CCC3. The van der Waals surface area contributed by atoms with Crippen LogP contribution in [0.4, 0.5) is 0 Å². The average molecular weight is 378 g/mol. The Bertz CT molecular complexity index is 1010. The van der Waals surface area contributed by atoms with Crippen LogP contribution in [-0.4, -0.2) is 20.8 Å². The van der Waals surface area contributed by atoms with E-state index in [2.05, 4.69) is 14.5 Å². The highest BCUT2D eigenvalue weighted by Crippen LogP contribution is 2.37. The van der Waals surface area contributed by atoms with Crippen molar-refractivity contribution in [3.8, 4) is 11.1 Å². The summed E-state index contributed by atoms with van der Waals surface area (Å²) in [5.41, 5.74) is 2.72. The van der Waals surface area contributed by atoms with Crippen LogP contribution in [0.15, 0.2) is 34.3 Å². The Morgan fingerprint density at radius 1 is 1.21 bits per heavy atom. The van der Waals surface area contributed by atoms with Crippen molar-refractivity contribution in [1.29, 1.82) is 0 Å². The number of halogens is 2. The minimum atomic E-state index is -0.110. The molecule has 3 aromatic rings. The molecular formula is C17H13Cl2N3OS. The molecule has 0 spiro atoms. The average Bonchev–Trinajstić information content (AvgIpc) is 3.06. The van der Waals surface area contributed by atoms with E-state index in [0.717, 1.165) is 25.1 Å². The fourth-order valence-corrected chi connectivity index (χ4v) is 4.17. The molecule has 0 saturated heterocycles. The van der Waals surface area contributed by atoms with E-state index in [1.165, 1.54) is 11.8 Å². The van der Waals surface area contributed by atoms with Gasteiger partial charge < -0.3 is 4.57 Å². The van der Waals surface area contributed by atoms with Crippen LogP contribution in [0.1, 0.15) is 12.1 Å². The highest BCUT2D eigenvalue weighted by molar-refractivity contribution is 7.98. The number of rotatable bonds is 2. The first-order valence-electron chi connectivity index (χ1n) is 7.52. The topological polar surface area (TPSA) is 47.8 Å². The summed E-state index contributed by atoms with van der Waals surface area (Å²) < 4.78 is 2.10. The maximum Gasteiger partial charge on any atom is 0.200 e. The van der Waals surface area contributed by atoms with Crippen molar-refractivity contribution < 1.29 is 0 Å². The van der Waals surface area contributed by atoms with Crippen molar-refractivity contribution in [2.24, 2.45) is 0 Å². The van der Waals surface area contributed by atoms with E-state index >= 15 is 0 Å². The summed E-state index contributed by atoms with van der Waals surface area (Å²) >= 11 is 14.2. The third kappa shape index (κ3) is 2.34. The van der Waals surface area contributed by atoms with Crippen molar-refractivity contribution in [2.45, 2.75) is 24.5 Å². The third-order valence-corrected chi connectivity index (χ3v) is 5.47. The molecule has 7 heteroatoms. The summed E-state index contributed by atoms with van der Waals surface area (Å²) in [5, 5.41) is 2.13. The number of pyridine rings is 1. The Labute approximate surface area is 152 Å². The number of hydrogen-bond acceptors (Lipinski definition) is 4. The van der Waals surface area contributed by atoms with Gasteiger partial charge in [0.25, 0.3) is 0 Å². The van der Waals surface area contributed by atoms with E-state index in [1.807, 2.05) is 6.26 Å². The highest BCUT2D eigenvalue weighted by Gasteiger charge is 2.25. The molecule has 0 amide bonds. The van der Waals surface area contributed by atoms with Gasteiger partial charge in [0.2, 0.25) is 5.43 Å². The zero-order valence-corrected chi connectivity index (χ0v) is 15.2. The first-order chi connectivity index (χ1) is 11.6. The Hall–Kier alpha value is -1.56. The van der Waals surface area contributed by atoms with Gasteiger partial charge >= 0.3 is 0 Å². The zero-order chi connectivity index (χ0) is 16.8. The zero-order valence-electron chi connectivity index (χ0n) is 12.8. The number of aryl methyl sites for hydroxylation is 1. The first kappa shape index (κ1) is 15.9. The number of thioether (sulfide) groups is 1. The smallest absolute Gasteiger partial charge is 0.200 e. The van der Waals surface area contributed by atoms with Gasteiger partial charge in [0.05, 0.1) is 21.0 Å². The fourth-order valence-electron chi connectivity index (χ4n) is 3.25. The minimum absolute atomic E-state index is 0.110. The third-order valence-electron chi connectivity index (χ3n) is 4.28. The molecule has 4 rings (SSSR count). The van der Waals surface area contributed by atoms with Gasteiger partial charge in [0, 0.05) is 24.0 Å². The van der Waals surface area contributed by atoms with Crippen LogP contribution in [0.25, 0.3) is 22.2 Å². The van der Waals surface area contributed by atoms with Crippen LogP contribution in [0.2, 0.25) is 10.0 Å². The first-order valence-corrected chi connectivity index (χ1v) is 9.50. The summed E-state index contributed by atoms with van der Waals surface area (Å²) in [6.07, 6.45) is 5.30. The summed E-state index contributed by atoms with van der Waals surface area (Å²) in [4.78, 5) is 22.0. The van der Waals surface area contributed by atoms with Crippen LogP contribution in [-0.2, 0) is 13.0 Å². The predicted molar refractivity (Wildman–Crippen MR) is 99.4 cm³/mol. The Kier molecular flexibility index (Phi) is 4.03. The maximum absolute atomic E-state index is 13.2. The number of fused-ring (bicyclic) bond motifs is 3. The lowest BCUT2D eigenvalue weighted by molar-refractivity contribution is 0.754. The molecule has 122 valence electrons. The molecule has 0 radical (unpaired) electrons. The van der Waals surface area contributed by atoms with Gasteiger partial charge in [-0.3, -0.25) is 4.79 Å². The van der Waals surface area contributed by atoms with E-state index in [1.54, 1.807) is 24.4 Å². The van der Waals surface area contributed by atoms with E-state index in [-0.39, 0.29) is 5.43 Å². The second-order valence-corrected chi connectivity index (χ2v) is 7.18. The molecule has 0 fully saturated rings. The lowest BCUT2D eigenvalue weighted by atomic mass is 10.0. The molecule has 4 nitrogen and oxygen atoms in total. The molecule has 1 aromatic carbocycles. The Morgan fingerprint density at radius 2 is 1.96 bits per heavy atom. The Balaban J connectivity index is 2.16. The lowest BCUT2D eigenvalue weighted by Gasteiger charge is -2.15. The summed E-state index contributed by atoms with van der Waals surface area (Å²) in [5.74, 6) is 0. The van der Waals surface area contributed by atoms with E-state index in [0.29, 0.717) is 37.4 Å². The highest BCUT2D eigenvalue weighted by atomic mass is 35.5. The van der Waals surface area contributed by atoms with Crippen LogP contribution in [0.5, 0.6) is 0 Å². The Morgan fingerprint density at radius 3 is 2.67 bits per heavy atom. The van der Waals surface area contributed by atoms with Gasteiger partial charge in [-0.2, -0.15) is 0 Å². The summed E-state index contributed by atoms with van der Waals surface area (Å²) in [6, 6.07) is 5.29. The maximum atomic E-state index is 13.2. The van der Waals surface area contributed by atoms with Gasteiger partial charge in [0.1, 0.15) is 5.65 Å². The largest absolute Gasteiger partial charge is 0.329 e. The molecule has 0 bridgehead atoms. The van der Waals surface area contributed by atoms with Crippen molar-refractivity contribution in [3.05, 3.63) is 50.4 Å². The molecule has 24 heavy (non-hydrogen) atoms. The fraction of sp³-hybridized carbons (Fsp3) is 0.235. The molecule has 1 aliphatic heterocycles. The number of hydrogen-bond donors (Lipinski definition) is 0. The van der Waals surface area contributed by atoms with E-state index in [9.17, 15) is 4.79 Å². The van der Waals surface area contributed by atoms with Crippen molar-refractivity contribution in [3.63, 3.8) is 0 Å². The van der Waals surface area contributed by atoms with E-state index < -0.39 is 0 Å². The van der Waals surface area contributed by atoms with Crippen LogP contribution >= 0.6 is 35.0 Å². The van der Waals surface area contributed by atoms with Crippen LogP contribution < -0.4 is 5.43 Å². The molecule has 0 atom stereocenters. The number of benzene rings is 1. The second-order valence-electron chi connectivity index (χ2n) is 5.60. The van der Waals surface area contributed by atoms with Crippen molar-refractivity contribution in [1.82, 2.24) is 14.5 Å². The molecule has 0 saturated carbocycles. The quantitative estimate of drug-likeness (QED) is 0.489. The van der Waals surface area contributed by atoms with Crippen molar-refractivity contribution in [2.75, 3.05) is 6.26 Å². The number of aromatic nitrogens is 3. The second kappa shape index (κ2) is 6.06. The monoisotopic (exact) mass is 377 g/mol. The number of nitrogens with zero attached hydrogens (tertiary/aromatic N) is 3. The lowest BCUT2D eigenvalue weighted by Crippen LogP contribution is -2.16. The molecule has 0 aliphatic carbocycles. The molecular weight excluding hydrogens is 365 g/mol. The minimum Gasteiger partial charge on any atom is -0.329 e. The van der Waals surface area contributed by atoms with Crippen molar-refractivity contribution >= 4 is 46.0 Å². The van der Waals surface area contributed by atoms with Crippen LogP contribution in [0.3, 0.4) is 0 Å². The predicted octanol–water partition coefficient (Wildman–Crippen LogP) is 4.43. The van der Waals surface area contributed by atoms with Gasteiger partial charge in [-0.25, -0.2) is 9.97 Å². The van der Waals surface area contributed by atoms with Gasteiger partial charge in [-0.05, 0) is 31.2 Å². The van der Waals surface area contributed by atoms with Gasteiger partial charge in [-0.1, -0.05) is 41.0 Å². The molecule has 1 aliphatic rings. The molecule has 0 unspecified atom stereocenters. The van der Waals surface area contributed by atoms with Gasteiger partial charge in [0.15, 0.2) is 5.16 Å². The molecule has 0 N–H and O–H groups in total. The van der Waals surface area contributed by atoms with Crippen LogP contribution in [0, 0.1) is 0 Å². The summed E-state index contributed by atoms with van der Waals surface area (Å²) in [7, 11) is 0. The van der Waals surface area contributed by atoms with E-state index in [4.69, 9.17) is 23.2 Å². The molecule has 2 aromatic heterocycles. The van der Waals surface area contributed by atoms with Gasteiger partial charge in [-0.15, -0.1) is 0 Å². The normalized spacial score (nSPS) is 13.5.